The van der Waals surface area contributed by atoms with Crippen LogP contribution in [0.2, 0.25) is 0 Å². The van der Waals surface area contributed by atoms with E-state index in [4.69, 9.17) is 0 Å². The molecule has 0 aromatic rings. The standard InChI is InChI=1S/C37H76N2O/c1-6-8-10-12-14-17-21-25-30-36(31-26-22-18-15-13-11-9-7-2)32-27-23-19-16-20-24-28-35-39(5)37(40)33-29-34-38(3)4/h36H,6-35H2,1-5H3. The van der Waals surface area contributed by atoms with Gasteiger partial charge in [-0.3, -0.25) is 4.79 Å². The molecule has 240 valence electrons. The van der Waals surface area contributed by atoms with E-state index in [1.807, 2.05) is 11.9 Å². The van der Waals surface area contributed by atoms with E-state index < -0.39 is 0 Å². The average molecular weight is 565 g/mol. The van der Waals surface area contributed by atoms with Crippen LogP contribution in [0.15, 0.2) is 0 Å². The molecular weight excluding hydrogens is 488 g/mol. The smallest absolute Gasteiger partial charge is 0.222 e. The number of nitrogens with zero attached hydrogens (tertiary/aromatic N) is 2. The molecule has 0 aliphatic heterocycles. The lowest BCUT2D eigenvalue weighted by Gasteiger charge is -2.18. The van der Waals surface area contributed by atoms with Gasteiger partial charge in [-0.25, -0.2) is 0 Å². The molecule has 0 bridgehead atoms. The molecule has 0 saturated carbocycles. The van der Waals surface area contributed by atoms with Gasteiger partial charge in [-0.1, -0.05) is 174 Å². The highest BCUT2D eigenvalue weighted by Gasteiger charge is 2.10. The zero-order valence-electron chi connectivity index (χ0n) is 28.6. The zero-order chi connectivity index (χ0) is 29.5. The summed E-state index contributed by atoms with van der Waals surface area (Å²) in [6.45, 7) is 6.55. The summed E-state index contributed by atoms with van der Waals surface area (Å²) >= 11 is 0. The molecule has 0 N–H and O–H groups in total. The Morgan fingerprint density at radius 1 is 0.450 bits per heavy atom. The van der Waals surface area contributed by atoms with Gasteiger partial charge in [-0.2, -0.15) is 0 Å². The summed E-state index contributed by atoms with van der Waals surface area (Å²) in [6, 6.07) is 0. The molecule has 0 aromatic heterocycles. The summed E-state index contributed by atoms with van der Waals surface area (Å²) in [6.07, 6.45) is 38.7. The van der Waals surface area contributed by atoms with Gasteiger partial charge in [-0.15, -0.1) is 0 Å². The monoisotopic (exact) mass is 565 g/mol. The molecule has 1 amide bonds. The molecule has 0 unspecified atom stereocenters. The summed E-state index contributed by atoms with van der Waals surface area (Å²) in [5.74, 6) is 1.31. The predicted octanol–water partition coefficient (Wildman–Crippen LogP) is 11.6. The highest BCUT2D eigenvalue weighted by atomic mass is 16.2. The normalized spacial score (nSPS) is 11.7. The molecule has 0 saturated heterocycles. The number of carbonyl (C=O) groups excluding carboxylic acids is 1. The van der Waals surface area contributed by atoms with Gasteiger partial charge in [0.1, 0.15) is 0 Å². The predicted molar refractivity (Wildman–Crippen MR) is 180 cm³/mol. The van der Waals surface area contributed by atoms with Crippen LogP contribution < -0.4 is 0 Å². The summed E-state index contributed by atoms with van der Waals surface area (Å²) in [5, 5.41) is 0. The van der Waals surface area contributed by atoms with E-state index in [0.29, 0.717) is 12.3 Å². The van der Waals surface area contributed by atoms with Gasteiger partial charge in [0.2, 0.25) is 5.91 Å². The first-order valence-corrected chi connectivity index (χ1v) is 18.4. The molecular formula is C37H76N2O. The fourth-order valence-electron chi connectivity index (χ4n) is 6.09. The Morgan fingerprint density at radius 2 is 0.800 bits per heavy atom. The second kappa shape index (κ2) is 31.4. The third kappa shape index (κ3) is 28.9. The van der Waals surface area contributed by atoms with Crippen molar-refractivity contribution >= 4 is 5.91 Å². The maximum absolute atomic E-state index is 12.2. The Bertz CT molecular complexity index is 486. The number of hydrogen-bond acceptors (Lipinski definition) is 2. The Hall–Kier alpha value is -0.570. The molecule has 0 rings (SSSR count). The van der Waals surface area contributed by atoms with Crippen LogP contribution in [0.25, 0.3) is 0 Å². The second-order valence-electron chi connectivity index (χ2n) is 13.4. The Morgan fingerprint density at radius 3 is 1.18 bits per heavy atom. The third-order valence-electron chi connectivity index (χ3n) is 8.96. The first-order chi connectivity index (χ1) is 19.5. The molecule has 0 heterocycles. The van der Waals surface area contributed by atoms with Crippen LogP contribution in [0.1, 0.15) is 194 Å². The zero-order valence-corrected chi connectivity index (χ0v) is 28.6. The summed E-state index contributed by atoms with van der Waals surface area (Å²) in [7, 11) is 6.13. The first-order valence-electron chi connectivity index (χ1n) is 18.4. The van der Waals surface area contributed by atoms with Gasteiger partial charge < -0.3 is 9.80 Å². The van der Waals surface area contributed by atoms with Gasteiger partial charge in [0, 0.05) is 20.0 Å². The van der Waals surface area contributed by atoms with Crippen LogP contribution in [0, 0.1) is 5.92 Å². The van der Waals surface area contributed by atoms with Crippen LogP contribution in [0.4, 0.5) is 0 Å². The molecule has 0 radical (unpaired) electrons. The maximum Gasteiger partial charge on any atom is 0.222 e. The molecule has 0 aliphatic carbocycles. The van der Waals surface area contributed by atoms with Crippen molar-refractivity contribution in [2.75, 3.05) is 34.2 Å². The van der Waals surface area contributed by atoms with E-state index in [0.717, 1.165) is 31.8 Å². The van der Waals surface area contributed by atoms with Crippen molar-refractivity contribution in [3.05, 3.63) is 0 Å². The Labute approximate surface area is 254 Å². The first kappa shape index (κ1) is 39.4. The molecule has 0 aliphatic rings. The minimum Gasteiger partial charge on any atom is -0.346 e. The number of carbonyl (C=O) groups is 1. The van der Waals surface area contributed by atoms with Gasteiger partial charge in [0.15, 0.2) is 0 Å². The summed E-state index contributed by atoms with van der Waals surface area (Å²) < 4.78 is 0. The summed E-state index contributed by atoms with van der Waals surface area (Å²) in [5.41, 5.74) is 0. The van der Waals surface area contributed by atoms with Crippen LogP contribution in [0.5, 0.6) is 0 Å². The Kier molecular flexibility index (Phi) is 30.9. The molecule has 40 heavy (non-hydrogen) atoms. The van der Waals surface area contributed by atoms with Crippen molar-refractivity contribution in [2.45, 2.75) is 194 Å². The lowest BCUT2D eigenvalue weighted by Crippen LogP contribution is -2.28. The van der Waals surface area contributed by atoms with Crippen molar-refractivity contribution in [1.29, 1.82) is 0 Å². The quantitative estimate of drug-likeness (QED) is 0.0758. The number of unbranched alkanes of at least 4 members (excludes halogenated alkanes) is 20. The van der Waals surface area contributed by atoms with E-state index in [1.165, 1.54) is 161 Å². The van der Waals surface area contributed by atoms with Crippen LogP contribution in [-0.4, -0.2) is 49.9 Å². The largest absolute Gasteiger partial charge is 0.346 e. The van der Waals surface area contributed by atoms with Crippen LogP contribution >= 0.6 is 0 Å². The van der Waals surface area contributed by atoms with Crippen molar-refractivity contribution in [2.24, 2.45) is 5.92 Å². The minimum absolute atomic E-state index is 0.315. The number of amides is 1. The molecule has 0 aromatic carbocycles. The highest BCUT2D eigenvalue weighted by Crippen LogP contribution is 2.25. The SMILES string of the molecule is CCCCCCCCCCC(CCCCCCCCCC)CCCCCCCCCN(C)C(=O)CCCN(C)C. The van der Waals surface area contributed by atoms with E-state index in [1.54, 1.807) is 0 Å². The van der Waals surface area contributed by atoms with E-state index >= 15 is 0 Å². The van der Waals surface area contributed by atoms with Crippen molar-refractivity contribution in [1.82, 2.24) is 9.80 Å². The fourth-order valence-corrected chi connectivity index (χ4v) is 6.09. The van der Waals surface area contributed by atoms with Gasteiger partial charge in [-0.05, 0) is 39.4 Å². The number of rotatable bonds is 32. The molecule has 3 nitrogen and oxygen atoms in total. The minimum atomic E-state index is 0.315. The van der Waals surface area contributed by atoms with Crippen molar-refractivity contribution in [3.8, 4) is 0 Å². The molecule has 0 spiro atoms. The molecule has 3 heteroatoms. The topological polar surface area (TPSA) is 23.6 Å². The van der Waals surface area contributed by atoms with Gasteiger partial charge >= 0.3 is 0 Å². The van der Waals surface area contributed by atoms with E-state index in [-0.39, 0.29) is 0 Å². The van der Waals surface area contributed by atoms with E-state index in [9.17, 15) is 4.79 Å². The fraction of sp³-hybridized carbons (Fsp3) is 0.973. The van der Waals surface area contributed by atoms with E-state index in [2.05, 4.69) is 32.8 Å². The molecule has 0 fully saturated rings. The van der Waals surface area contributed by atoms with Crippen LogP contribution in [0.3, 0.4) is 0 Å². The average Bonchev–Trinajstić information content (AvgIpc) is 2.94. The molecule has 0 atom stereocenters. The van der Waals surface area contributed by atoms with Gasteiger partial charge in [0.05, 0.1) is 0 Å². The van der Waals surface area contributed by atoms with Gasteiger partial charge in [0.25, 0.3) is 0 Å². The lowest BCUT2D eigenvalue weighted by atomic mass is 9.89. The number of hydrogen-bond donors (Lipinski definition) is 0. The Balaban J connectivity index is 3.94. The lowest BCUT2D eigenvalue weighted by molar-refractivity contribution is -0.130. The summed E-state index contributed by atoms with van der Waals surface area (Å²) in [4.78, 5) is 16.3. The second-order valence-corrected chi connectivity index (χ2v) is 13.4. The third-order valence-corrected chi connectivity index (χ3v) is 8.96. The van der Waals surface area contributed by atoms with Crippen LogP contribution in [-0.2, 0) is 4.79 Å². The highest BCUT2D eigenvalue weighted by molar-refractivity contribution is 5.75. The van der Waals surface area contributed by atoms with Crippen molar-refractivity contribution < 1.29 is 4.79 Å². The maximum atomic E-state index is 12.2. The van der Waals surface area contributed by atoms with Crippen molar-refractivity contribution in [3.63, 3.8) is 0 Å².